The van der Waals surface area contributed by atoms with Crippen LogP contribution in [0.4, 0.5) is 0 Å². The van der Waals surface area contributed by atoms with Gasteiger partial charge < -0.3 is 5.32 Å². The molecule has 1 aliphatic heterocycles. The van der Waals surface area contributed by atoms with E-state index in [4.69, 9.17) is 11.6 Å². The Balaban J connectivity index is 1.76. The van der Waals surface area contributed by atoms with Crippen molar-refractivity contribution in [2.75, 3.05) is 13.1 Å². The lowest BCUT2D eigenvalue weighted by atomic mass is 9.79. The molecule has 2 fully saturated rings. The number of nitrogens with zero attached hydrogens (tertiary/aromatic N) is 1. The Kier molecular flexibility index (Phi) is 4.42. The third-order valence-corrected chi connectivity index (χ3v) is 6.54. The third-order valence-electron chi connectivity index (χ3n) is 5.14. The van der Waals surface area contributed by atoms with E-state index in [-0.39, 0.29) is 0 Å². The van der Waals surface area contributed by atoms with E-state index in [2.05, 4.69) is 30.1 Å². The second kappa shape index (κ2) is 5.96. The van der Waals surface area contributed by atoms with E-state index < -0.39 is 0 Å². The van der Waals surface area contributed by atoms with Gasteiger partial charge in [0.1, 0.15) is 0 Å². The maximum absolute atomic E-state index is 6.11. The third kappa shape index (κ3) is 2.92. The molecule has 2 unspecified atom stereocenters. The summed E-state index contributed by atoms with van der Waals surface area (Å²) < 4.78 is 0.905. The molecule has 1 saturated carbocycles. The average molecular weight is 313 g/mol. The zero-order chi connectivity index (χ0) is 14.2. The molecule has 112 valence electrons. The lowest BCUT2D eigenvalue weighted by Gasteiger charge is -2.50. The van der Waals surface area contributed by atoms with Gasteiger partial charge in [-0.2, -0.15) is 0 Å². The first-order chi connectivity index (χ1) is 9.60. The number of hydrogen-bond acceptors (Lipinski definition) is 3. The summed E-state index contributed by atoms with van der Waals surface area (Å²) in [7, 11) is 0. The van der Waals surface area contributed by atoms with Gasteiger partial charge in [-0.25, -0.2) is 0 Å². The van der Waals surface area contributed by atoms with Gasteiger partial charge in [0.2, 0.25) is 0 Å². The summed E-state index contributed by atoms with van der Waals surface area (Å²) in [6.07, 6.45) is 6.86. The fourth-order valence-electron chi connectivity index (χ4n) is 3.84. The molecule has 20 heavy (non-hydrogen) atoms. The molecular weight excluding hydrogens is 288 g/mol. The number of rotatable bonds is 2. The number of piperazine rings is 1. The van der Waals surface area contributed by atoms with Gasteiger partial charge in [0.05, 0.1) is 4.34 Å². The SMILES string of the molecule is CC1CNC2(CCCCC2)CN1C(C)c1ccc(Cl)s1. The largest absolute Gasteiger partial charge is 0.308 e. The van der Waals surface area contributed by atoms with Crippen molar-refractivity contribution >= 4 is 22.9 Å². The topological polar surface area (TPSA) is 15.3 Å². The first kappa shape index (κ1) is 14.8. The van der Waals surface area contributed by atoms with Gasteiger partial charge >= 0.3 is 0 Å². The molecule has 1 aliphatic carbocycles. The van der Waals surface area contributed by atoms with Crippen LogP contribution < -0.4 is 5.32 Å². The average Bonchev–Trinajstić information content (AvgIpc) is 2.89. The van der Waals surface area contributed by atoms with Crippen LogP contribution in [0, 0.1) is 0 Å². The molecule has 2 aliphatic rings. The van der Waals surface area contributed by atoms with Gasteiger partial charge in [-0.1, -0.05) is 30.9 Å². The Morgan fingerprint density at radius 2 is 2.10 bits per heavy atom. The van der Waals surface area contributed by atoms with Crippen molar-refractivity contribution in [1.82, 2.24) is 10.2 Å². The van der Waals surface area contributed by atoms with Crippen LogP contribution in [-0.4, -0.2) is 29.6 Å². The van der Waals surface area contributed by atoms with Crippen molar-refractivity contribution < 1.29 is 0 Å². The van der Waals surface area contributed by atoms with E-state index in [1.165, 1.54) is 43.5 Å². The van der Waals surface area contributed by atoms with Gasteiger partial charge in [-0.15, -0.1) is 11.3 Å². The molecule has 1 aromatic heterocycles. The molecule has 0 aromatic carbocycles. The van der Waals surface area contributed by atoms with Crippen LogP contribution in [0.2, 0.25) is 4.34 Å². The lowest BCUT2D eigenvalue weighted by molar-refractivity contribution is 0.0365. The summed E-state index contributed by atoms with van der Waals surface area (Å²) in [5, 5.41) is 3.86. The molecule has 0 bridgehead atoms. The van der Waals surface area contributed by atoms with Crippen LogP contribution in [-0.2, 0) is 0 Å². The normalized spacial score (nSPS) is 28.6. The second-order valence-electron chi connectivity index (χ2n) is 6.56. The predicted molar refractivity (Wildman–Crippen MR) is 87.7 cm³/mol. The smallest absolute Gasteiger partial charge is 0.0931 e. The highest BCUT2D eigenvalue weighted by molar-refractivity contribution is 7.16. The van der Waals surface area contributed by atoms with E-state index in [1.807, 2.05) is 6.07 Å². The molecule has 1 saturated heterocycles. The van der Waals surface area contributed by atoms with Crippen molar-refractivity contribution in [3.63, 3.8) is 0 Å². The Hall–Kier alpha value is -0.0900. The fourth-order valence-corrected chi connectivity index (χ4v) is 4.97. The van der Waals surface area contributed by atoms with Crippen molar-refractivity contribution in [2.45, 2.75) is 63.6 Å². The monoisotopic (exact) mass is 312 g/mol. The number of nitrogens with one attached hydrogen (secondary N) is 1. The minimum atomic E-state index is 0.375. The zero-order valence-electron chi connectivity index (χ0n) is 12.5. The Morgan fingerprint density at radius 3 is 2.75 bits per heavy atom. The number of thiophene rings is 1. The number of halogens is 1. The summed E-state index contributed by atoms with van der Waals surface area (Å²) in [5.41, 5.74) is 0.375. The fraction of sp³-hybridized carbons (Fsp3) is 0.750. The maximum atomic E-state index is 6.11. The molecular formula is C16H25ClN2S. The highest BCUT2D eigenvalue weighted by Crippen LogP contribution is 2.37. The van der Waals surface area contributed by atoms with E-state index in [1.54, 1.807) is 11.3 Å². The van der Waals surface area contributed by atoms with E-state index in [0.717, 1.165) is 10.9 Å². The lowest BCUT2D eigenvalue weighted by Crippen LogP contribution is -2.64. The molecule has 1 aromatic rings. The predicted octanol–water partition coefficient (Wildman–Crippen LogP) is 4.46. The van der Waals surface area contributed by atoms with Crippen molar-refractivity contribution in [3.8, 4) is 0 Å². The summed E-state index contributed by atoms with van der Waals surface area (Å²) in [6.45, 7) is 6.98. The van der Waals surface area contributed by atoms with Gasteiger partial charge in [0, 0.05) is 35.6 Å². The molecule has 1 N–H and O–H groups in total. The van der Waals surface area contributed by atoms with Gasteiger partial charge in [-0.05, 0) is 38.8 Å². The van der Waals surface area contributed by atoms with E-state index in [0.29, 0.717) is 17.6 Å². The standard InChI is InChI=1S/C16H25ClN2S/c1-12-10-18-16(8-4-3-5-9-16)11-19(12)13(2)14-6-7-15(17)20-14/h6-7,12-13,18H,3-5,8-11H2,1-2H3. The Morgan fingerprint density at radius 1 is 1.35 bits per heavy atom. The molecule has 1 spiro atoms. The zero-order valence-corrected chi connectivity index (χ0v) is 14.1. The molecule has 2 heterocycles. The maximum Gasteiger partial charge on any atom is 0.0931 e. The summed E-state index contributed by atoms with van der Waals surface area (Å²) in [5.74, 6) is 0. The van der Waals surface area contributed by atoms with Crippen LogP contribution in [0.25, 0.3) is 0 Å². The summed E-state index contributed by atoms with van der Waals surface area (Å²) >= 11 is 7.84. The molecule has 4 heteroatoms. The van der Waals surface area contributed by atoms with Crippen molar-refractivity contribution in [1.29, 1.82) is 0 Å². The quantitative estimate of drug-likeness (QED) is 0.867. The molecule has 2 nitrogen and oxygen atoms in total. The van der Waals surface area contributed by atoms with Gasteiger partial charge in [-0.3, -0.25) is 4.90 Å². The molecule has 3 rings (SSSR count). The van der Waals surface area contributed by atoms with E-state index in [9.17, 15) is 0 Å². The van der Waals surface area contributed by atoms with Crippen LogP contribution in [0.3, 0.4) is 0 Å². The summed E-state index contributed by atoms with van der Waals surface area (Å²) in [4.78, 5) is 4.08. The minimum absolute atomic E-state index is 0.375. The Labute approximate surface area is 131 Å². The van der Waals surface area contributed by atoms with Gasteiger partial charge in [0.25, 0.3) is 0 Å². The van der Waals surface area contributed by atoms with Crippen LogP contribution in [0.1, 0.15) is 56.9 Å². The highest BCUT2D eigenvalue weighted by atomic mass is 35.5. The van der Waals surface area contributed by atoms with Gasteiger partial charge in [0.15, 0.2) is 0 Å². The molecule has 0 amide bonds. The summed E-state index contributed by atoms with van der Waals surface area (Å²) in [6, 6.07) is 5.29. The minimum Gasteiger partial charge on any atom is -0.308 e. The van der Waals surface area contributed by atoms with Crippen molar-refractivity contribution in [3.05, 3.63) is 21.3 Å². The second-order valence-corrected chi connectivity index (χ2v) is 8.31. The Bertz CT molecular complexity index is 453. The first-order valence-electron chi connectivity index (χ1n) is 7.86. The molecule has 2 atom stereocenters. The van der Waals surface area contributed by atoms with Crippen LogP contribution in [0.15, 0.2) is 12.1 Å². The first-order valence-corrected chi connectivity index (χ1v) is 9.05. The van der Waals surface area contributed by atoms with Crippen LogP contribution in [0.5, 0.6) is 0 Å². The van der Waals surface area contributed by atoms with Crippen LogP contribution >= 0.6 is 22.9 Å². The highest BCUT2D eigenvalue weighted by Gasteiger charge is 2.40. The van der Waals surface area contributed by atoms with Crippen molar-refractivity contribution in [2.24, 2.45) is 0 Å². The molecule has 0 radical (unpaired) electrons. The van der Waals surface area contributed by atoms with E-state index >= 15 is 0 Å². The number of hydrogen-bond donors (Lipinski definition) is 1.